The maximum atomic E-state index is 5.69. The summed E-state index contributed by atoms with van der Waals surface area (Å²) in [4.78, 5) is 0. The Hall–Kier alpha value is -0.540. The van der Waals surface area contributed by atoms with Crippen molar-refractivity contribution < 1.29 is 0 Å². The highest BCUT2D eigenvalue weighted by molar-refractivity contribution is 7.95. The molecule has 10 heavy (non-hydrogen) atoms. The van der Waals surface area contributed by atoms with Gasteiger partial charge < -0.3 is 4.72 Å². The second-order valence-corrected chi connectivity index (χ2v) is 3.09. The average molecular weight is 172 g/mol. The van der Waals surface area contributed by atoms with Crippen LogP contribution in [-0.4, -0.2) is 4.31 Å². The summed E-state index contributed by atoms with van der Waals surface area (Å²) < 4.78 is 4.93. The molecule has 0 amide bonds. The van der Waals surface area contributed by atoms with E-state index in [-0.39, 0.29) is 0 Å². The van der Waals surface area contributed by atoms with E-state index in [1.165, 1.54) is 12.1 Å². The van der Waals surface area contributed by atoms with Crippen molar-refractivity contribution in [2.45, 2.75) is 0 Å². The van der Waals surface area contributed by atoms with Crippen molar-refractivity contribution in [3.8, 4) is 0 Å². The van der Waals surface area contributed by atoms with Gasteiger partial charge in [0.2, 0.25) is 0 Å². The molecule has 2 aliphatic rings. The van der Waals surface area contributed by atoms with Gasteiger partial charge in [0, 0.05) is 18.5 Å². The first-order valence-electron chi connectivity index (χ1n) is 2.75. The van der Waals surface area contributed by atoms with E-state index in [0.29, 0.717) is 5.03 Å². The van der Waals surface area contributed by atoms with E-state index < -0.39 is 0 Å². The molecule has 51 valence electrons. The summed E-state index contributed by atoms with van der Waals surface area (Å²) in [5, 5.41) is 0.633. The van der Waals surface area contributed by atoms with Crippen LogP contribution in [0.1, 0.15) is 0 Å². The first kappa shape index (κ1) is 6.19. The highest BCUT2D eigenvalue weighted by Gasteiger charge is 2.14. The van der Waals surface area contributed by atoms with Gasteiger partial charge in [0.05, 0.1) is 22.9 Å². The third kappa shape index (κ3) is 0.914. The Morgan fingerprint density at radius 1 is 1.70 bits per heavy atom. The largest absolute Gasteiger partial charge is 0.316 e. The first-order valence-corrected chi connectivity index (χ1v) is 3.90. The van der Waals surface area contributed by atoms with Gasteiger partial charge in [-0.25, -0.2) is 0 Å². The highest BCUT2D eigenvalue weighted by atomic mass is 35.5. The molecule has 0 atom stereocenters. The van der Waals surface area contributed by atoms with Crippen LogP contribution in [0.2, 0.25) is 0 Å². The number of rotatable bonds is 0. The fourth-order valence-electron chi connectivity index (χ4n) is 0.749. The van der Waals surface area contributed by atoms with Gasteiger partial charge in [-0.2, -0.15) is 0 Å². The quantitative estimate of drug-likeness (QED) is 0.559. The second-order valence-electron chi connectivity index (χ2n) is 1.87. The van der Waals surface area contributed by atoms with Crippen molar-refractivity contribution in [1.29, 1.82) is 0 Å². The van der Waals surface area contributed by atoms with Crippen molar-refractivity contribution >= 4 is 23.7 Å². The molecule has 0 saturated carbocycles. The summed E-state index contributed by atoms with van der Waals surface area (Å²) in [6.07, 6.45) is 8.45. The molecular weight excluding hydrogens is 168 g/mol. The summed E-state index contributed by atoms with van der Waals surface area (Å²) in [5.41, 5.74) is 1.08. The van der Waals surface area contributed by atoms with E-state index >= 15 is 0 Å². The van der Waals surface area contributed by atoms with Gasteiger partial charge in [0.25, 0.3) is 0 Å². The van der Waals surface area contributed by atoms with Crippen LogP contribution in [0.15, 0.2) is 29.2 Å². The summed E-state index contributed by atoms with van der Waals surface area (Å²) in [6.45, 7) is 0. The standard InChI is InChI=1S/C6H4ClN2S/c7-5-1-2-6-3-8-10-9(6)4-5/h2-4,8H. The molecule has 2 nitrogen and oxygen atoms in total. The van der Waals surface area contributed by atoms with Crippen molar-refractivity contribution in [3.63, 3.8) is 0 Å². The summed E-state index contributed by atoms with van der Waals surface area (Å²) in [6, 6.07) is 0. The van der Waals surface area contributed by atoms with Gasteiger partial charge in [-0.3, -0.25) is 4.31 Å². The molecule has 2 rings (SSSR count). The van der Waals surface area contributed by atoms with Gasteiger partial charge in [-0.1, -0.05) is 11.6 Å². The smallest absolute Gasteiger partial charge is 0.0726 e. The molecule has 0 aromatic heterocycles. The Balaban J connectivity index is 2.32. The maximum absolute atomic E-state index is 5.69. The molecule has 1 N–H and O–H groups in total. The lowest BCUT2D eigenvalue weighted by molar-refractivity contribution is 0.801. The van der Waals surface area contributed by atoms with Gasteiger partial charge in [-0.15, -0.1) is 0 Å². The van der Waals surface area contributed by atoms with Crippen LogP contribution >= 0.6 is 23.7 Å². The molecule has 0 fully saturated rings. The minimum atomic E-state index is 0.633. The zero-order valence-electron chi connectivity index (χ0n) is 4.97. The normalized spacial score (nSPS) is 21.5. The fourth-order valence-corrected chi connectivity index (χ4v) is 1.62. The topological polar surface area (TPSA) is 15.3 Å². The summed E-state index contributed by atoms with van der Waals surface area (Å²) in [7, 11) is 0. The lowest BCUT2D eigenvalue weighted by atomic mass is 10.3. The zero-order valence-corrected chi connectivity index (χ0v) is 6.54. The Kier molecular flexibility index (Phi) is 1.39. The fraction of sp³-hybridized carbons (Fsp3) is 0. The van der Waals surface area contributed by atoms with Gasteiger partial charge in [-0.05, 0) is 6.08 Å². The number of hydrogen-bond donors (Lipinski definition) is 1. The Morgan fingerprint density at radius 3 is 3.50 bits per heavy atom. The van der Waals surface area contributed by atoms with Crippen molar-refractivity contribution in [3.05, 3.63) is 35.3 Å². The molecule has 0 spiro atoms. The van der Waals surface area contributed by atoms with Gasteiger partial charge >= 0.3 is 0 Å². The predicted molar refractivity (Wildman–Crippen MR) is 42.4 cm³/mol. The Labute approximate surface area is 68.5 Å². The number of hydrogen-bond acceptors (Lipinski definition) is 3. The van der Waals surface area contributed by atoms with E-state index in [0.717, 1.165) is 5.70 Å². The third-order valence-electron chi connectivity index (χ3n) is 1.20. The number of nitrogens with one attached hydrogen (secondary N) is 1. The maximum Gasteiger partial charge on any atom is 0.0726 e. The van der Waals surface area contributed by atoms with E-state index in [2.05, 4.69) is 10.8 Å². The number of nitrogens with zero attached hydrogens (tertiary/aromatic N) is 1. The van der Waals surface area contributed by atoms with Gasteiger partial charge in [0.1, 0.15) is 0 Å². The summed E-state index contributed by atoms with van der Waals surface area (Å²) in [5.74, 6) is 0. The van der Waals surface area contributed by atoms with Gasteiger partial charge in [0.15, 0.2) is 0 Å². The number of allylic oxidation sites excluding steroid dienone is 3. The van der Waals surface area contributed by atoms with E-state index in [1.807, 2.05) is 22.8 Å². The van der Waals surface area contributed by atoms with Crippen LogP contribution in [0.4, 0.5) is 0 Å². The van der Waals surface area contributed by atoms with Crippen LogP contribution < -0.4 is 4.72 Å². The SMILES string of the molecule is ClC1=CN2SNC=C2C=[C]1. The summed E-state index contributed by atoms with van der Waals surface area (Å²) >= 11 is 7.18. The monoisotopic (exact) mass is 171 g/mol. The average Bonchev–Trinajstić information content (AvgIpc) is 2.33. The number of halogens is 1. The molecular formula is C6H4ClN2S. The lowest BCUT2D eigenvalue weighted by Gasteiger charge is -2.14. The van der Waals surface area contributed by atoms with Crippen LogP contribution in [0.3, 0.4) is 0 Å². The minimum Gasteiger partial charge on any atom is -0.316 e. The van der Waals surface area contributed by atoms with E-state index in [4.69, 9.17) is 11.6 Å². The van der Waals surface area contributed by atoms with Crippen LogP contribution in [0, 0.1) is 6.08 Å². The second kappa shape index (κ2) is 2.25. The van der Waals surface area contributed by atoms with Crippen molar-refractivity contribution in [2.24, 2.45) is 0 Å². The Bertz CT molecular complexity index is 244. The van der Waals surface area contributed by atoms with Crippen molar-refractivity contribution in [1.82, 2.24) is 9.03 Å². The molecule has 1 radical (unpaired) electrons. The van der Waals surface area contributed by atoms with Crippen LogP contribution in [-0.2, 0) is 0 Å². The number of fused-ring (bicyclic) bond motifs is 1. The van der Waals surface area contributed by atoms with Crippen LogP contribution in [0.5, 0.6) is 0 Å². The zero-order chi connectivity index (χ0) is 6.97. The van der Waals surface area contributed by atoms with Crippen LogP contribution in [0.25, 0.3) is 0 Å². The third-order valence-corrected chi connectivity index (χ3v) is 2.14. The van der Waals surface area contributed by atoms with E-state index in [1.54, 1.807) is 0 Å². The molecule has 2 heterocycles. The van der Waals surface area contributed by atoms with Crippen molar-refractivity contribution in [2.75, 3.05) is 0 Å². The molecule has 4 heteroatoms. The first-order chi connectivity index (χ1) is 4.86. The minimum absolute atomic E-state index is 0.633. The lowest BCUT2D eigenvalue weighted by Crippen LogP contribution is -2.05. The predicted octanol–water partition coefficient (Wildman–Crippen LogP) is 1.75. The highest BCUT2D eigenvalue weighted by Crippen LogP contribution is 2.27. The molecule has 0 aromatic rings. The molecule has 0 aliphatic carbocycles. The molecule has 0 saturated heterocycles. The molecule has 0 bridgehead atoms. The Morgan fingerprint density at radius 2 is 2.60 bits per heavy atom. The van der Waals surface area contributed by atoms with E-state index in [9.17, 15) is 0 Å². The molecule has 0 unspecified atom stereocenters. The molecule has 2 aliphatic heterocycles. The molecule has 0 aromatic carbocycles.